The molecule has 0 spiro atoms. The van der Waals surface area contributed by atoms with Crippen LogP contribution in [0.2, 0.25) is 0 Å². The van der Waals surface area contributed by atoms with E-state index in [9.17, 15) is 9.18 Å². The average molecular weight is 357 g/mol. The van der Waals surface area contributed by atoms with Crippen molar-refractivity contribution in [3.05, 3.63) is 70.0 Å². The van der Waals surface area contributed by atoms with E-state index in [2.05, 4.69) is 15.5 Å². The molecule has 3 rings (SSSR count). The largest absolute Gasteiger partial charge is 0.486 e. The van der Waals surface area contributed by atoms with E-state index in [1.807, 2.05) is 26.0 Å². The van der Waals surface area contributed by atoms with Crippen LogP contribution in [0, 0.1) is 19.7 Å². The van der Waals surface area contributed by atoms with Gasteiger partial charge in [-0.05, 0) is 61.4 Å². The standard InChI is InChI=1S/C18H16FN3O2S/c1-11-3-4-13(9-12(11)2)17(23)20-18-22-21-16(25-18)10-24-15-7-5-14(19)6-8-15/h3-9H,10H2,1-2H3,(H,20,22,23). The van der Waals surface area contributed by atoms with Gasteiger partial charge in [-0.25, -0.2) is 4.39 Å². The van der Waals surface area contributed by atoms with E-state index >= 15 is 0 Å². The van der Waals surface area contributed by atoms with Gasteiger partial charge in [0.1, 0.15) is 18.2 Å². The lowest BCUT2D eigenvalue weighted by atomic mass is 10.1. The number of amides is 1. The highest BCUT2D eigenvalue weighted by Crippen LogP contribution is 2.19. The summed E-state index contributed by atoms with van der Waals surface area (Å²) in [6.45, 7) is 4.15. The number of benzene rings is 2. The molecule has 5 nitrogen and oxygen atoms in total. The summed E-state index contributed by atoms with van der Waals surface area (Å²) in [5.41, 5.74) is 2.76. The zero-order valence-corrected chi connectivity index (χ0v) is 14.6. The molecule has 128 valence electrons. The third-order valence-electron chi connectivity index (χ3n) is 3.63. The topological polar surface area (TPSA) is 64.1 Å². The van der Waals surface area contributed by atoms with Gasteiger partial charge in [0.2, 0.25) is 5.13 Å². The van der Waals surface area contributed by atoms with Gasteiger partial charge < -0.3 is 4.74 Å². The van der Waals surface area contributed by atoms with E-state index in [0.717, 1.165) is 11.1 Å². The van der Waals surface area contributed by atoms with E-state index in [1.54, 1.807) is 18.2 Å². The third kappa shape index (κ3) is 4.39. The van der Waals surface area contributed by atoms with Crippen LogP contribution in [-0.2, 0) is 6.61 Å². The lowest BCUT2D eigenvalue weighted by Gasteiger charge is -2.04. The highest BCUT2D eigenvalue weighted by Gasteiger charge is 2.11. The molecular formula is C18H16FN3O2S. The highest BCUT2D eigenvalue weighted by molar-refractivity contribution is 7.15. The minimum Gasteiger partial charge on any atom is -0.486 e. The monoisotopic (exact) mass is 357 g/mol. The summed E-state index contributed by atoms with van der Waals surface area (Å²) < 4.78 is 18.4. The zero-order chi connectivity index (χ0) is 17.8. The minimum atomic E-state index is -0.320. The number of aryl methyl sites for hydroxylation is 2. The molecule has 0 fully saturated rings. The summed E-state index contributed by atoms with van der Waals surface area (Å²) in [5, 5.41) is 11.7. The summed E-state index contributed by atoms with van der Waals surface area (Å²) >= 11 is 1.23. The molecule has 0 aliphatic carbocycles. The van der Waals surface area contributed by atoms with E-state index in [-0.39, 0.29) is 18.3 Å². The fourth-order valence-corrected chi connectivity index (χ4v) is 2.74. The molecule has 3 aromatic rings. The van der Waals surface area contributed by atoms with Crippen molar-refractivity contribution in [2.45, 2.75) is 20.5 Å². The molecule has 2 aromatic carbocycles. The maximum atomic E-state index is 12.8. The van der Waals surface area contributed by atoms with Crippen LogP contribution in [0.5, 0.6) is 5.75 Å². The maximum Gasteiger partial charge on any atom is 0.257 e. The number of rotatable bonds is 5. The first-order chi connectivity index (χ1) is 12.0. The summed E-state index contributed by atoms with van der Waals surface area (Å²) in [7, 11) is 0. The molecule has 1 amide bonds. The van der Waals surface area contributed by atoms with E-state index < -0.39 is 0 Å². The van der Waals surface area contributed by atoms with Crippen molar-refractivity contribution < 1.29 is 13.9 Å². The second-order valence-electron chi connectivity index (χ2n) is 5.50. The van der Waals surface area contributed by atoms with Crippen molar-refractivity contribution in [3.8, 4) is 5.75 Å². The normalized spacial score (nSPS) is 10.5. The first kappa shape index (κ1) is 17.0. The molecule has 0 bridgehead atoms. The van der Waals surface area contributed by atoms with Crippen molar-refractivity contribution in [2.24, 2.45) is 0 Å². The second-order valence-corrected chi connectivity index (χ2v) is 6.56. The third-order valence-corrected chi connectivity index (χ3v) is 4.44. The molecule has 1 N–H and O–H groups in total. The Morgan fingerprint density at radius 2 is 1.88 bits per heavy atom. The molecule has 0 radical (unpaired) electrons. The van der Waals surface area contributed by atoms with Crippen LogP contribution in [-0.4, -0.2) is 16.1 Å². The molecule has 0 atom stereocenters. The van der Waals surface area contributed by atoms with Gasteiger partial charge in [0.15, 0.2) is 5.01 Å². The minimum absolute atomic E-state index is 0.197. The molecule has 7 heteroatoms. The Hall–Kier alpha value is -2.80. The van der Waals surface area contributed by atoms with Gasteiger partial charge >= 0.3 is 0 Å². The van der Waals surface area contributed by atoms with Gasteiger partial charge in [0.05, 0.1) is 0 Å². The van der Waals surface area contributed by atoms with E-state index in [1.165, 1.54) is 23.5 Å². The molecule has 0 saturated carbocycles. The Morgan fingerprint density at radius 3 is 2.60 bits per heavy atom. The number of carbonyl (C=O) groups is 1. The van der Waals surface area contributed by atoms with Crippen molar-refractivity contribution in [1.82, 2.24) is 10.2 Å². The summed E-state index contributed by atoms with van der Waals surface area (Å²) in [4.78, 5) is 12.3. The van der Waals surface area contributed by atoms with Crippen LogP contribution in [0.4, 0.5) is 9.52 Å². The highest BCUT2D eigenvalue weighted by atomic mass is 32.1. The summed E-state index contributed by atoms with van der Waals surface area (Å²) in [5.74, 6) is -0.0119. The number of halogens is 1. The van der Waals surface area contributed by atoms with Crippen LogP contribution in [0.15, 0.2) is 42.5 Å². The molecule has 25 heavy (non-hydrogen) atoms. The molecule has 0 aliphatic rings. The number of ether oxygens (including phenoxy) is 1. The van der Waals surface area contributed by atoms with Gasteiger partial charge in [0.25, 0.3) is 5.91 Å². The first-order valence-electron chi connectivity index (χ1n) is 7.60. The molecular weight excluding hydrogens is 341 g/mol. The van der Waals surface area contributed by atoms with Crippen molar-refractivity contribution in [2.75, 3.05) is 5.32 Å². The Bertz CT molecular complexity index is 894. The maximum absolute atomic E-state index is 12.8. The van der Waals surface area contributed by atoms with Crippen molar-refractivity contribution in [1.29, 1.82) is 0 Å². The quantitative estimate of drug-likeness (QED) is 0.746. The van der Waals surface area contributed by atoms with E-state index in [0.29, 0.717) is 21.5 Å². The lowest BCUT2D eigenvalue weighted by Crippen LogP contribution is -2.12. The SMILES string of the molecule is Cc1ccc(C(=O)Nc2nnc(COc3ccc(F)cc3)s2)cc1C. The number of nitrogens with zero attached hydrogens (tertiary/aromatic N) is 2. The predicted octanol–water partition coefficient (Wildman–Crippen LogP) is 4.13. The molecule has 1 aromatic heterocycles. The zero-order valence-electron chi connectivity index (χ0n) is 13.7. The average Bonchev–Trinajstić information content (AvgIpc) is 3.04. The fourth-order valence-electron chi connectivity index (χ4n) is 2.09. The van der Waals surface area contributed by atoms with Crippen LogP contribution in [0.1, 0.15) is 26.5 Å². The number of hydrogen-bond donors (Lipinski definition) is 1. The van der Waals surface area contributed by atoms with Gasteiger partial charge in [-0.1, -0.05) is 17.4 Å². The van der Waals surface area contributed by atoms with Crippen LogP contribution < -0.4 is 10.1 Å². The molecule has 0 saturated heterocycles. The van der Waals surface area contributed by atoms with Crippen molar-refractivity contribution >= 4 is 22.4 Å². The lowest BCUT2D eigenvalue weighted by molar-refractivity contribution is 0.102. The first-order valence-corrected chi connectivity index (χ1v) is 8.42. The van der Waals surface area contributed by atoms with Crippen molar-refractivity contribution in [3.63, 3.8) is 0 Å². The molecule has 0 aliphatic heterocycles. The summed E-state index contributed by atoms with van der Waals surface area (Å²) in [6.07, 6.45) is 0. The molecule has 0 unspecified atom stereocenters. The van der Waals surface area contributed by atoms with Crippen LogP contribution in [0.25, 0.3) is 0 Å². The smallest absolute Gasteiger partial charge is 0.257 e. The Kier molecular flexibility index (Phi) is 5.04. The number of hydrogen-bond acceptors (Lipinski definition) is 5. The number of nitrogens with one attached hydrogen (secondary N) is 1. The van der Waals surface area contributed by atoms with Gasteiger partial charge in [-0.15, -0.1) is 10.2 Å². The fraction of sp³-hybridized carbons (Fsp3) is 0.167. The Balaban J connectivity index is 1.60. The van der Waals surface area contributed by atoms with Crippen LogP contribution in [0.3, 0.4) is 0 Å². The number of aromatic nitrogens is 2. The molecule has 1 heterocycles. The van der Waals surface area contributed by atoms with Gasteiger partial charge in [0, 0.05) is 5.56 Å². The number of anilines is 1. The van der Waals surface area contributed by atoms with E-state index in [4.69, 9.17) is 4.74 Å². The Morgan fingerprint density at radius 1 is 1.12 bits per heavy atom. The van der Waals surface area contributed by atoms with Gasteiger partial charge in [-0.2, -0.15) is 0 Å². The predicted molar refractivity (Wildman–Crippen MR) is 94.5 cm³/mol. The second kappa shape index (κ2) is 7.40. The number of carbonyl (C=O) groups excluding carboxylic acids is 1. The van der Waals surface area contributed by atoms with Crippen LogP contribution >= 0.6 is 11.3 Å². The Labute approximate surface area is 148 Å². The van der Waals surface area contributed by atoms with Gasteiger partial charge in [-0.3, -0.25) is 10.1 Å². The summed E-state index contributed by atoms with van der Waals surface area (Å²) in [6, 6.07) is 11.3.